The van der Waals surface area contributed by atoms with E-state index in [9.17, 15) is 10.1 Å². The number of hydrogen-bond donors (Lipinski definition) is 1. The van der Waals surface area contributed by atoms with Gasteiger partial charge >= 0.3 is 0 Å². The van der Waals surface area contributed by atoms with Crippen molar-refractivity contribution in [1.82, 2.24) is 0 Å². The smallest absolute Gasteiger partial charge is 0.273 e. The molecule has 1 saturated carbocycles. The van der Waals surface area contributed by atoms with Gasteiger partial charge in [-0.2, -0.15) is 0 Å². The summed E-state index contributed by atoms with van der Waals surface area (Å²) in [5.41, 5.74) is 1.96. The molecule has 0 amide bonds. The third kappa shape index (κ3) is 3.36. The Morgan fingerprint density at radius 3 is 2.63 bits per heavy atom. The molecule has 1 fully saturated rings. The molecule has 1 N–H and O–H groups in total. The number of rotatable bonds is 7. The summed E-state index contributed by atoms with van der Waals surface area (Å²) in [7, 11) is 0. The molecule has 0 bridgehead atoms. The number of hydrogen-bond acceptors (Lipinski definition) is 4. The lowest BCUT2D eigenvalue weighted by Gasteiger charge is -2.23. The van der Waals surface area contributed by atoms with E-state index < -0.39 is 0 Å². The van der Waals surface area contributed by atoms with Gasteiger partial charge in [-0.05, 0) is 32.3 Å². The van der Waals surface area contributed by atoms with Crippen LogP contribution in [-0.2, 0) is 0 Å². The molecule has 0 heterocycles. The van der Waals surface area contributed by atoms with Gasteiger partial charge < -0.3 is 10.2 Å². The maximum Gasteiger partial charge on any atom is 0.273 e. The monoisotopic (exact) mass is 263 g/mol. The van der Waals surface area contributed by atoms with Gasteiger partial charge in [-0.3, -0.25) is 10.1 Å². The zero-order chi connectivity index (χ0) is 13.8. The summed E-state index contributed by atoms with van der Waals surface area (Å²) in [6.45, 7) is 5.89. The number of nitro groups is 1. The van der Waals surface area contributed by atoms with Crippen LogP contribution in [0.1, 0.15) is 33.1 Å². The SMILES string of the molecule is CCCNc1cc(N(CC)C2CC2)cc([N+](=O)[O-])c1. The van der Waals surface area contributed by atoms with E-state index in [1.807, 2.05) is 6.07 Å². The first-order chi connectivity index (χ1) is 9.15. The molecule has 2 rings (SSSR count). The van der Waals surface area contributed by atoms with Crippen molar-refractivity contribution in [2.24, 2.45) is 0 Å². The predicted octanol–water partition coefficient (Wildman–Crippen LogP) is 3.41. The van der Waals surface area contributed by atoms with E-state index >= 15 is 0 Å². The van der Waals surface area contributed by atoms with Crippen molar-refractivity contribution in [2.75, 3.05) is 23.3 Å². The Balaban J connectivity index is 2.29. The molecule has 1 aliphatic carbocycles. The highest BCUT2D eigenvalue weighted by atomic mass is 16.6. The molecular weight excluding hydrogens is 242 g/mol. The summed E-state index contributed by atoms with van der Waals surface area (Å²) < 4.78 is 0. The minimum absolute atomic E-state index is 0.162. The van der Waals surface area contributed by atoms with Crippen LogP contribution in [0.4, 0.5) is 17.1 Å². The Morgan fingerprint density at radius 1 is 1.37 bits per heavy atom. The van der Waals surface area contributed by atoms with Gasteiger partial charge in [0.2, 0.25) is 0 Å². The summed E-state index contributed by atoms with van der Waals surface area (Å²) in [6.07, 6.45) is 3.38. The minimum atomic E-state index is -0.318. The van der Waals surface area contributed by atoms with Gasteiger partial charge in [-0.15, -0.1) is 0 Å². The molecule has 0 aromatic heterocycles. The van der Waals surface area contributed by atoms with Gasteiger partial charge in [0, 0.05) is 42.6 Å². The van der Waals surface area contributed by atoms with Gasteiger partial charge in [0.15, 0.2) is 0 Å². The number of anilines is 2. The largest absolute Gasteiger partial charge is 0.385 e. The summed E-state index contributed by atoms with van der Waals surface area (Å²) in [4.78, 5) is 13.0. The minimum Gasteiger partial charge on any atom is -0.385 e. The topological polar surface area (TPSA) is 58.4 Å². The third-order valence-corrected chi connectivity index (χ3v) is 3.35. The second-order valence-corrected chi connectivity index (χ2v) is 4.94. The number of non-ortho nitro benzene ring substituents is 1. The maximum absolute atomic E-state index is 11.0. The lowest BCUT2D eigenvalue weighted by Crippen LogP contribution is -2.25. The average molecular weight is 263 g/mol. The summed E-state index contributed by atoms with van der Waals surface area (Å²) in [6, 6.07) is 5.87. The van der Waals surface area contributed by atoms with Gasteiger partial charge in [0.25, 0.3) is 5.69 Å². The summed E-state index contributed by atoms with van der Waals surface area (Å²) in [5, 5.41) is 14.3. The first-order valence-electron chi connectivity index (χ1n) is 6.95. The van der Waals surface area contributed by atoms with Crippen molar-refractivity contribution < 1.29 is 4.92 Å². The van der Waals surface area contributed by atoms with Crippen LogP contribution in [0, 0.1) is 10.1 Å². The summed E-state index contributed by atoms with van der Waals surface area (Å²) in [5.74, 6) is 0. The zero-order valence-corrected chi connectivity index (χ0v) is 11.6. The number of benzene rings is 1. The van der Waals surface area contributed by atoms with Crippen molar-refractivity contribution in [2.45, 2.75) is 39.2 Å². The van der Waals surface area contributed by atoms with Crippen molar-refractivity contribution >= 4 is 17.1 Å². The fourth-order valence-corrected chi connectivity index (χ4v) is 2.28. The fourth-order valence-electron chi connectivity index (χ4n) is 2.28. The quantitative estimate of drug-likeness (QED) is 0.605. The Kier molecular flexibility index (Phi) is 4.24. The normalized spacial score (nSPS) is 14.2. The first kappa shape index (κ1) is 13.6. The highest BCUT2D eigenvalue weighted by Gasteiger charge is 2.29. The highest BCUT2D eigenvalue weighted by molar-refractivity contribution is 5.65. The molecule has 104 valence electrons. The molecule has 1 aliphatic rings. The lowest BCUT2D eigenvalue weighted by atomic mass is 10.2. The van der Waals surface area contributed by atoms with Gasteiger partial charge in [-0.1, -0.05) is 6.92 Å². The molecular formula is C14H21N3O2. The second kappa shape index (κ2) is 5.91. The van der Waals surface area contributed by atoms with Gasteiger partial charge in [-0.25, -0.2) is 0 Å². The highest BCUT2D eigenvalue weighted by Crippen LogP contribution is 2.34. The van der Waals surface area contributed by atoms with Crippen LogP contribution in [0.5, 0.6) is 0 Å². The lowest BCUT2D eigenvalue weighted by molar-refractivity contribution is -0.384. The van der Waals surface area contributed by atoms with Crippen molar-refractivity contribution in [3.63, 3.8) is 0 Å². The van der Waals surface area contributed by atoms with Gasteiger partial charge in [0.05, 0.1) is 4.92 Å². The van der Waals surface area contributed by atoms with Crippen molar-refractivity contribution in [3.05, 3.63) is 28.3 Å². The summed E-state index contributed by atoms with van der Waals surface area (Å²) >= 11 is 0. The van der Waals surface area contributed by atoms with Crippen LogP contribution in [0.15, 0.2) is 18.2 Å². The Labute approximate surface area is 113 Å². The average Bonchev–Trinajstić information content (AvgIpc) is 3.21. The molecule has 0 radical (unpaired) electrons. The number of nitrogens with one attached hydrogen (secondary N) is 1. The van der Waals surface area contributed by atoms with Gasteiger partial charge in [0.1, 0.15) is 0 Å². The molecule has 19 heavy (non-hydrogen) atoms. The fraction of sp³-hybridized carbons (Fsp3) is 0.571. The first-order valence-corrected chi connectivity index (χ1v) is 6.95. The number of nitro benzene ring substituents is 1. The molecule has 5 heteroatoms. The molecule has 1 aromatic rings. The predicted molar refractivity (Wildman–Crippen MR) is 77.9 cm³/mol. The van der Waals surface area contributed by atoms with Crippen LogP contribution < -0.4 is 10.2 Å². The Morgan fingerprint density at radius 2 is 2.11 bits per heavy atom. The van der Waals surface area contributed by atoms with Crippen molar-refractivity contribution in [1.29, 1.82) is 0 Å². The van der Waals surface area contributed by atoms with Crippen LogP contribution in [-0.4, -0.2) is 24.1 Å². The van der Waals surface area contributed by atoms with Crippen LogP contribution in [0.3, 0.4) is 0 Å². The van der Waals surface area contributed by atoms with Crippen molar-refractivity contribution in [3.8, 4) is 0 Å². The van der Waals surface area contributed by atoms with Crippen LogP contribution in [0.25, 0.3) is 0 Å². The molecule has 0 aliphatic heterocycles. The molecule has 0 atom stereocenters. The molecule has 5 nitrogen and oxygen atoms in total. The molecule has 1 aromatic carbocycles. The Hall–Kier alpha value is -1.78. The van der Waals surface area contributed by atoms with E-state index in [4.69, 9.17) is 0 Å². The third-order valence-electron chi connectivity index (χ3n) is 3.35. The maximum atomic E-state index is 11.0. The zero-order valence-electron chi connectivity index (χ0n) is 11.6. The van der Waals surface area contributed by atoms with E-state index in [0.29, 0.717) is 6.04 Å². The molecule has 0 unspecified atom stereocenters. The van der Waals surface area contributed by atoms with E-state index in [0.717, 1.165) is 30.9 Å². The van der Waals surface area contributed by atoms with E-state index in [-0.39, 0.29) is 10.6 Å². The van der Waals surface area contributed by atoms with E-state index in [1.165, 1.54) is 12.8 Å². The molecule has 0 saturated heterocycles. The Bertz CT molecular complexity index is 458. The number of nitrogens with zero attached hydrogens (tertiary/aromatic N) is 2. The molecule has 0 spiro atoms. The second-order valence-electron chi connectivity index (χ2n) is 4.94. The van der Waals surface area contributed by atoms with Crippen LogP contribution in [0.2, 0.25) is 0 Å². The van der Waals surface area contributed by atoms with E-state index in [2.05, 4.69) is 24.1 Å². The van der Waals surface area contributed by atoms with E-state index in [1.54, 1.807) is 12.1 Å². The van der Waals surface area contributed by atoms with Crippen LogP contribution >= 0.6 is 0 Å². The standard InChI is InChI=1S/C14H21N3O2/c1-3-7-15-11-8-13(10-14(9-11)17(18)19)16(4-2)12-5-6-12/h8-10,12,15H,3-7H2,1-2H3.